The first-order valence-electron chi connectivity index (χ1n) is 5.47. The lowest BCUT2D eigenvalue weighted by Gasteiger charge is -2.09. The van der Waals surface area contributed by atoms with Crippen LogP contribution in [0.5, 0.6) is 0 Å². The zero-order chi connectivity index (χ0) is 14.9. The van der Waals surface area contributed by atoms with E-state index in [4.69, 9.17) is 10.3 Å². The zero-order valence-corrected chi connectivity index (χ0v) is 14.0. The predicted octanol–water partition coefficient (Wildman–Crippen LogP) is 2.08. The number of hydrogen-bond acceptors (Lipinski definition) is 7. The first-order valence-corrected chi connectivity index (χ1v) is 9.38. The van der Waals surface area contributed by atoms with E-state index in [0.29, 0.717) is 26.6 Å². The second-order valence-corrected chi connectivity index (χ2v) is 7.63. The van der Waals surface area contributed by atoms with E-state index in [1.54, 1.807) is 6.07 Å². The van der Waals surface area contributed by atoms with Crippen molar-refractivity contribution in [1.29, 1.82) is 0 Å². The number of benzene rings is 1. The van der Waals surface area contributed by atoms with Crippen LogP contribution >= 0.6 is 27.7 Å². The molecule has 0 saturated carbocycles. The van der Waals surface area contributed by atoms with Crippen LogP contribution in [0.1, 0.15) is 5.89 Å². The molecule has 0 amide bonds. The Kier molecular flexibility index (Phi) is 4.52. The molecule has 0 aliphatic heterocycles. The number of hydrogen-bond donors (Lipinski definition) is 1. The Morgan fingerprint density at radius 3 is 2.65 bits per heavy atom. The molecule has 0 saturated heterocycles. The lowest BCUT2D eigenvalue weighted by atomic mass is 10.2. The van der Waals surface area contributed by atoms with E-state index in [2.05, 4.69) is 26.1 Å². The van der Waals surface area contributed by atoms with Crippen molar-refractivity contribution in [2.75, 3.05) is 12.5 Å². The molecule has 0 aliphatic carbocycles. The van der Waals surface area contributed by atoms with Crippen molar-refractivity contribution < 1.29 is 12.9 Å². The Morgan fingerprint density at radius 1 is 1.45 bits per heavy atom. The van der Waals surface area contributed by atoms with Gasteiger partial charge in [-0.25, -0.2) is 8.42 Å². The first kappa shape index (κ1) is 15.5. The number of nitrogens with zero attached hydrogens (tertiary/aromatic N) is 2. The molecule has 1 aromatic heterocycles. The summed E-state index contributed by atoms with van der Waals surface area (Å²) >= 11 is 4.73. The average Bonchev–Trinajstić information content (AvgIpc) is 2.85. The molecule has 9 heteroatoms. The number of halogens is 1. The fourth-order valence-electron chi connectivity index (χ4n) is 1.63. The van der Waals surface area contributed by atoms with Gasteiger partial charge in [-0.3, -0.25) is 0 Å². The monoisotopic (exact) mass is 377 g/mol. The largest absolute Gasteiger partial charge is 0.338 e. The molecule has 2 aromatic rings. The highest BCUT2D eigenvalue weighted by atomic mass is 79.9. The molecule has 108 valence electrons. The van der Waals surface area contributed by atoms with Gasteiger partial charge in [0.05, 0.1) is 11.4 Å². The van der Waals surface area contributed by atoms with Crippen LogP contribution < -0.4 is 5.73 Å². The SMILES string of the molecule is CSc1c(Br)cc(-c2noc(CN)n2)cc1S(C)(=O)=O. The summed E-state index contributed by atoms with van der Waals surface area (Å²) in [7, 11) is -3.36. The molecule has 6 nitrogen and oxygen atoms in total. The Hall–Kier alpha value is -0.900. The highest BCUT2D eigenvalue weighted by molar-refractivity contribution is 9.10. The van der Waals surface area contributed by atoms with Gasteiger partial charge in [0.2, 0.25) is 11.7 Å². The predicted molar refractivity (Wildman–Crippen MR) is 80.2 cm³/mol. The standard InChI is InChI=1S/C11H12BrN3O3S2/c1-19-10-7(12)3-6(4-8(10)20(2,16)17)11-14-9(5-13)18-15-11/h3-4H,5,13H2,1-2H3. The van der Waals surface area contributed by atoms with Gasteiger partial charge in [-0.05, 0) is 34.3 Å². The smallest absolute Gasteiger partial charge is 0.240 e. The van der Waals surface area contributed by atoms with E-state index < -0.39 is 9.84 Å². The van der Waals surface area contributed by atoms with Crippen LogP contribution in [0.25, 0.3) is 11.4 Å². The number of nitrogens with two attached hydrogens (primary N) is 1. The lowest BCUT2D eigenvalue weighted by molar-refractivity contribution is 0.380. The van der Waals surface area contributed by atoms with E-state index in [1.807, 2.05) is 6.26 Å². The summed E-state index contributed by atoms with van der Waals surface area (Å²) in [5, 5.41) is 3.79. The van der Waals surface area contributed by atoms with Crippen molar-refractivity contribution in [1.82, 2.24) is 10.1 Å². The molecule has 2 rings (SSSR count). The molecule has 0 unspecified atom stereocenters. The van der Waals surface area contributed by atoms with Gasteiger partial charge >= 0.3 is 0 Å². The van der Waals surface area contributed by atoms with Gasteiger partial charge in [-0.1, -0.05) is 5.16 Å². The maximum Gasteiger partial charge on any atom is 0.240 e. The number of sulfone groups is 1. The molecule has 0 atom stereocenters. The van der Waals surface area contributed by atoms with Crippen LogP contribution in [0.2, 0.25) is 0 Å². The molecule has 0 fully saturated rings. The average molecular weight is 378 g/mol. The van der Waals surface area contributed by atoms with Gasteiger partial charge in [0.15, 0.2) is 9.84 Å². The summed E-state index contributed by atoms with van der Waals surface area (Å²) in [6, 6.07) is 3.29. The number of aromatic nitrogens is 2. The van der Waals surface area contributed by atoms with E-state index >= 15 is 0 Å². The molecule has 0 aliphatic rings. The Labute approximate surface area is 129 Å². The highest BCUT2D eigenvalue weighted by Crippen LogP contribution is 2.36. The van der Waals surface area contributed by atoms with Gasteiger partial charge in [0.1, 0.15) is 0 Å². The quantitative estimate of drug-likeness (QED) is 0.814. The molecule has 1 aromatic carbocycles. The second kappa shape index (κ2) is 5.84. The molecule has 20 heavy (non-hydrogen) atoms. The topological polar surface area (TPSA) is 99.1 Å². The minimum absolute atomic E-state index is 0.135. The summed E-state index contributed by atoms with van der Waals surface area (Å²) in [6.45, 7) is 0.135. The fraction of sp³-hybridized carbons (Fsp3) is 0.273. The Bertz CT molecular complexity index is 743. The van der Waals surface area contributed by atoms with Crippen molar-refractivity contribution in [3.8, 4) is 11.4 Å². The molecule has 0 spiro atoms. The van der Waals surface area contributed by atoms with Crippen LogP contribution in [-0.2, 0) is 16.4 Å². The van der Waals surface area contributed by atoms with E-state index in [9.17, 15) is 8.42 Å². The highest BCUT2D eigenvalue weighted by Gasteiger charge is 2.19. The van der Waals surface area contributed by atoms with Gasteiger partial charge in [-0.2, -0.15) is 4.98 Å². The van der Waals surface area contributed by atoms with Crippen molar-refractivity contribution in [3.63, 3.8) is 0 Å². The fourth-order valence-corrected chi connectivity index (χ4v) is 4.71. The summed E-state index contributed by atoms with van der Waals surface area (Å²) in [5.74, 6) is 0.606. The Balaban J connectivity index is 2.65. The minimum Gasteiger partial charge on any atom is -0.338 e. The van der Waals surface area contributed by atoms with Crippen LogP contribution in [-0.4, -0.2) is 31.1 Å². The first-order chi connectivity index (χ1) is 9.36. The number of rotatable bonds is 4. The van der Waals surface area contributed by atoms with E-state index in [1.165, 1.54) is 24.1 Å². The van der Waals surface area contributed by atoms with Crippen molar-refractivity contribution >= 4 is 37.5 Å². The van der Waals surface area contributed by atoms with Crippen molar-refractivity contribution in [2.24, 2.45) is 5.73 Å². The van der Waals surface area contributed by atoms with Gasteiger partial charge in [0.25, 0.3) is 0 Å². The van der Waals surface area contributed by atoms with Gasteiger partial charge < -0.3 is 10.3 Å². The molecular formula is C11H12BrN3O3S2. The maximum absolute atomic E-state index is 11.9. The Morgan fingerprint density at radius 2 is 2.15 bits per heavy atom. The van der Waals surface area contributed by atoms with Crippen LogP contribution in [0, 0.1) is 0 Å². The second-order valence-electron chi connectivity index (χ2n) is 3.98. The zero-order valence-electron chi connectivity index (χ0n) is 10.8. The lowest BCUT2D eigenvalue weighted by Crippen LogP contribution is -2.01. The van der Waals surface area contributed by atoms with Crippen LogP contribution in [0.3, 0.4) is 0 Å². The minimum atomic E-state index is -3.36. The molecule has 0 radical (unpaired) electrons. The third-order valence-electron chi connectivity index (χ3n) is 2.51. The third-order valence-corrected chi connectivity index (χ3v) is 5.50. The molecular weight excluding hydrogens is 366 g/mol. The normalized spacial score (nSPS) is 11.8. The maximum atomic E-state index is 11.9. The van der Waals surface area contributed by atoms with Crippen molar-refractivity contribution in [3.05, 3.63) is 22.5 Å². The molecule has 1 heterocycles. The summed E-state index contributed by atoms with van der Waals surface area (Å²) in [6.07, 6.45) is 2.98. The van der Waals surface area contributed by atoms with Crippen LogP contribution in [0.15, 0.2) is 30.9 Å². The molecule has 0 bridgehead atoms. The van der Waals surface area contributed by atoms with E-state index in [0.717, 1.165) is 0 Å². The summed E-state index contributed by atoms with van der Waals surface area (Å²) < 4.78 is 29.4. The van der Waals surface area contributed by atoms with Gasteiger partial charge in [0, 0.05) is 21.2 Å². The van der Waals surface area contributed by atoms with E-state index in [-0.39, 0.29) is 11.4 Å². The third kappa shape index (κ3) is 3.05. The van der Waals surface area contributed by atoms with Crippen LogP contribution in [0.4, 0.5) is 0 Å². The summed E-state index contributed by atoms with van der Waals surface area (Å²) in [5.41, 5.74) is 5.97. The summed E-state index contributed by atoms with van der Waals surface area (Å²) in [4.78, 5) is 4.98. The molecule has 2 N–H and O–H groups in total. The van der Waals surface area contributed by atoms with Crippen molar-refractivity contribution in [2.45, 2.75) is 16.3 Å². The number of thioether (sulfide) groups is 1. The van der Waals surface area contributed by atoms with Gasteiger partial charge in [-0.15, -0.1) is 11.8 Å².